The van der Waals surface area contributed by atoms with Crippen LogP contribution in [0.3, 0.4) is 0 Å². The largest absolute Gasteiger partial charge is 0.497 e. The van der Waals surface area contributed by atoms with Gasteiger partial charge in [-0.3, -0.25) is 0 Å². The fourth-order valence-electron chi connectivity index (χ4n) is 3.06. The van der Waals surface area contributed by atoms with Gasteiger partial charge in [0.15, 0.2) is 0 Å². The molecular weight excluding hydrogens is 382 g/mol. The quantitative estimate of drug-likeness (QED) is 0.583. The van der Waals surface area contributed by atoms with Gasteiger partial charge in [0, 0.05) is 30.5 Å². The van der Waals surface area contributed by atoms with E-state index in [2.05, 4.69) is 10.1 Å². The van der Waals surface area contributed by atoms with Crippen LogP contribution in [0.25, 0.3) is 11.0 Å². The molecule has 29 heavy (non-hydrogen) atoms. The topological polar surface area (TPSA) is 63.9 Å². The minimum absolute atomic E-state index is 0.0919. The number of hydrogen-bond donors (Lipinski definition) is 1. The summed E-state index contributed by atoms with van der Waals surface area (Å²) in [4.78, 5) is 14.2. The molecule has 1 aromatic heterocycles. The van der Waals surface area contributed by atoms with Gasteiger partial charge in [-0.05, 0) is 18.2 Å². The summed E-state index contributed by atoms with van der Waals surface area (Å²) >= 11 is 0. The second kappa shape index (κ2) is 8.81. The van der Waals surface area contributed by atoms with Crippen molar-refractivity contribution in [2.24, 2.45) is 0 Å². The molecule has 3 aromatic rings. The molecule has 8 heteroatoms. The lowest BCUT2D eigenvalue weighted by Crippen LogP contribution is -2.31. The van der Waals surface area contributed by atoms with Crippen LogP contribution in [0.5, 0.6) is 11.5 Å². The lowest BCUT2D eigenvalue weighted by molar-refractivity contribution is -0.0493. The van der Waals surface area contributed by atoms with Crippen molar-refractivity contribution in [1.82, 2.24) is 4.90 Å². The number of para-hydroxylation sites is 1. The van der Waals surface area contributed by atoms with Gasteiger partial charge >= 0.3 is 12.6 Å². The number of benzene rings is 2. The Morgan fingerprint density at radius 2 is 2.00 bits per heavy atom. The van der Waals surface area contributed by atoms with E-state index in [4.69, 9.17) is 9.15 Å². The third-order valence-corrected chi connectivity index (χ3v) is 4.49. The van der Waals surface area contributed by atoms with Gasteiger partial charge in [-0.1, -0.05) is 25.1 Å². The van der Waals surface area contributed by atoms with E-state index in [1.165, 1.54) is 30.2 Å². The van der Waals surface area contributed by atoms with Gasteiger partial charge in [0.25, 0.3) is 0 Å². The fraction of sp³-hybridized carbons (Fsp3) is 0.286. The van der Waals surface area contributed by atoms with Crippen molar-refractivity contribution in [2.45, 2.75) is 26.5 Å². The highest BCUT2D eigenvalue weighted by atomic mass is 19.3. The zero-order valence-corrected chi connectivity index (χ0v) is 16.4. The number of ether oxygens (including phenoxy) is 2. The highest BCUT2D eigenvalue weighted by Gasteiger charge is 2.19. The zero-order valence-electron chi connectivity index (χ0n) is 16.4. The number of aryl methyl sites for hydroxylation is 1. The molecule has 0 aliphatic heterocycles. The maximum Gasteiger partial charge on any atom is 0.387 e. The normalized spacial score (nSPS) is 11.0. The first-order chi connectivity index (χ1) is 13.9. The van der Waals surface area contributed by atoms with Crippen molar-refractivity contribution in [3.8, 4) is 11.5 Å². The van der Waals surface area contributed by atoms with Crippen LogP contribution < -0.4 is 14.8 Å². The minimum atomic E-state index is -3.01. The standard InChI is InChI=1S/C21H22F2N2O4/c1-4-17-15(14-7-5-6-8-18(14)28-17)12-25(2)21(26)24-16-11-13(27-3)9-10-19(16)29-20(22)23/h5-11,20H,4,12H2,1-3H3,(H,24,26). The molecule has 0 bridgehead atoms. The molecule has 1 N–H and O–H groups in total. The predicted molar refractivity (Wildman–Crippen MR) is 106 cm³/mol. The predicted octanol–water partition coefficient (Wildman–Crippen LogP) is 5.27. The molecule has 1 heterocycles. The molecule has 0 spiro atoms. The van der Waals surface area contributed by atoms with Crippen LogP contribution in [-0.4, -0.2) is 31.7 Å². The number of alkyl halides is 2. The van der Waals surface area contributed by atoms with Gasteiger partial charge in [0.1, 0.15) is 22.8 Å². The Bertz CT molecular complexity index is 1000. The molecule has 154 valence electrons. The van der Waals surface area contributed by atoms with Crippen molar-refractivity contribution in [3.63, 3.8) is 0 Å². The van der Waals surface area contributed by atoms with Gasteiger partial charge in [0.05, 0.1) is 19.3 Å². The van der Waals surface area contributed by atoms with Crippen LogP contribution >= 0.6 is 0 Å². The van der Waals surface area contributed by atoms with Gasteiger partial charge in [0.2, 0.25) is 0 Å². The van der Waals surface area contributed by atoms with Gasteiger partial charge < -0.3 is 24.1 Å². The number of carbonyl (C=O) groups is 1. The number of amides is 2. The summed E-state index contributed by atoms with van der Waals surface area (Å²) in [6.45, 7) is -0.742. The van der Waals surface area contributed by atoms with E-state index in [1.807, 2.05) is 31.2 Å². The number of furan rings is 1. The molecule has 2 amide bonds. The zero-order chi connectivity index (χ0) is 21.0. The Morgan fingerprint density at radius 3 is 2.69 bits per heavy atom. The third-order valence-electron chi connectivity index (χ3n) is 4.49. The average molecular weight is 404 g/mol. The van der Waals surface area contributed by atoms with Crippen molar-refractivity contribution in [1.29, 1.82) is 0 Å². The van der Waals surface area contributed by atoms with E-state index in [9.17, 15) is 13.6 Å². The summed E-state index contributed by atoms with van der Waals surface area (Å²) in [7, 11) is 3.06. The molecule has 0 unspecified atom stereocenters. The number of anilines is 1. The van der Waals surface area contributed by atoms with Crippen LogP contribution in [-0.2, 0) is 13.0 Å². The Balaban J connectivity index is 1.81. The molecule has 0 radical (unpaired) electrons. The molecular formula is C21H22F2N2O4. The van der Waals surface area contributed by atoms with Crippen LogP contribution in [0.15, 0.2) is 46.9 Å². The number of nitrogens with one attached hydrogen (secondary N) is 1. The number of nitrogens with zero attached hydrogens (tertiary/aromatic N) is 1. The molecule has 2 aromatic carbocycles. The number of urea groups is 1. The molecule has 0 aliphatic carbocycles. The van der Waals surface area contributed by atoms with E-state index >= 15 is 0 Å². The maximum atomic E-state index is 12.7. The fourth-order valence-corrected chi connectivity index (χ4v) is 3.06. The van der Waals surface area contributed by atoms with E-state index in [-0.39, 0.29) is 11.4 Å². The third kappa shape index (κ3) is 4.59. The SMILES string of the molecule is CCc1oc2ccccc2c1CN(C)C(=O)Nc1cc(OC)ccc1OC(F)F. The summed E-state index contributed by atoms with van der Waals surface area (Å²) in [5, 5.41) is 3.54. The van der Waals surface area contributed by atoms with Gasteiger partial charge in [-0.2, -0.15) is 8.78 Å². The van der Waals surface area contributed by atoms with Crippen LogP contribution in [0.4, 0.5) is 19.3 Å². The molecule has 0 saturated heterocycles. The van der Waals surface area contributed by atoms with Gasteiger partial charge in [-0.15, -0.1) is 0 Å². The summed E-state index contributed by atoms with van der Waals surface area (Å²) < 4.78 is 40.8. The highest BCUT2D eigenvalue weighted by molar-refractivity contribution is 5.91. The lowest BCUT2D eigenvalue weighted by Gasteiger charge is -2.20. The first-order valence-corrected chi connectivity index (χ1v) is 9.07. The molecule has 0 atom stereocenters. The van der Waals surface area contributed by atoms with E-state index in [0.717, 1.165) is 22.3 Å². The average Bonchev–Trinajstić information content (AvgIpc) is 3.06. The van der Waals surface area contributed by atoms with E-state index in [0.29, 0.717) is 18.7 Å². The Hall–Kier alpha value is -3.29. The number of fused-ring (bicyclic) bond motifs is 1. The first-order valence-electron chi connectivity index (χ1n) is 9.07. The number of carbonyl (C=O) groups excluding carboxylic acids is 1. The summed E-state index contributed by atoms with van der Waals surface area (Å²) in [6.07, 6.45) is 0.682. The number of hydrogen-bond acceptors (Lipinski definition) is 4. The second-order valence-electron chi connectivity index (χ2n) is 6.38. The van der Waals surface area contributed by atoms with Crippen LogP contribution in [0.2, 0.25) is 0 Å². The first kappa shape index (κ1) is 20.4. The van der Waals surface area contributed by atoms with Gasteiger partial charge in [-0.25, -0.2) is 4.79 Å². The molecule has 0 saturated carbocycles. The van der Waals surface area contributed by atoms with Crippen molar-refractivity contribution < 1.29 is 27.5 Å². The molecule has 6 nitrogen and oxygen atoms in total. The smallest absolute Gasteiger partial charge is 0.387 e. The van der Waals surface area contributed by atoms with Crippen molar-refractivity contribution in [3.05, 3.63) is 53.8 Å². The summed E-state index contributed by atoms with van der Waals surface area (Å²) in [5.41, 5.74) is 1.76. The Kier molecular flexibility index (Phi) is 6.21. The molecule has 3 rings (SSSR count). The monoisotopic (exact) mass is 404 g/mol. The summed E-state index contributed by atoms with van der Waals surface area (Å²) in [6, 6.07) is 11.3. The Labute approximate surface area is 167 Å². The summed E-state index contributed by atoms with van der Waals surface area (Å²) in [5.74, 6) is 1.05. The minimum Gasteiger partial charge on any atom is -0.497 e. The molecule has 0 fully saturated rings. The second-order valence-corrected chi connectivity index (χ2v) is 6.38. The maximum absolute atomic E-state index is 12.7. The van der Waals surface area contributed by atoms with E-state index < -0.39 is 12.6 Å². The van der Waals surface area contributed by atoms with E-state index in [1.54, 1.807) is 7.05 Å². The lowest BCUT2D eigenvalue weighted by atomic mass is 10.1. The molecule has 0 aliphatic rings. The number of halogens is 2. The number of methoxy groups -OCH3 is 1. The van der Waals surface area contributed by atoms with Crippen LogP contribution in [0.1, 0.15) is 18.2 Å². The van der Waals surface area contributed by atoms with Crippen molar-refractivity contribution >= 4 is 22.7 Å². The van der Waals surface area contributed by atoms with Crippen LogP contribution in [0, 0.1) is 0 Å². The Morgan fingerprint density at radius 1 is 1.24 bits per heavy atom. The van der Waals surface area contributed by atoms with Crippen molar-refractivity contribution in [2.75, 3.05) is 19.5 Å². The highest BCUT2D eigenvalue weighted by Crippen LogP contribution is 2.31. The number of rotatable bonds is 7.